The van der Waals surface area contributed by atoms with Crippen LogP contribution in [0.4, 0.5) is 13.2 Å². The molecular weight excluding hydrogens is 563 g/mol. The van der Waals surface area contributed by atoms with Crippen molar-refractivity contribution >= 4 is 45.0 Å². The number of hydrogen-bond donors (Lipinski definition) is 2. The first-order valence-electron chi connectivity index (χ1n) is 11.1. The third-order valence-corrected chi connectivity index (χ3v) is 7.26. The van der Waals surface area contributed by atoms with Crippen molar-refractivity contribution in [2.75, 3.05) is 19.7 Å². The average molecular weight is 586 g/mol. The zero-order chi connectivity index (χ0) is 26.0. The lowest BCUT2D eigenvalue weighted by Crippen LogP contribution is -2.42. The Morgan fingerprint density at radius 2 is 2.17 bits per heavy atom. The predicted molar refractivity (Wildman–Crippen MR) is 131 cm³/mol. The molecule has 8 nitrogen and oxygen atoms in total. The molecule has 0 bridgehead atoms. The van der Waals surface area contributed by atoms with Crippen molar-refractivity contribution in [1.82, 2.24) is 15.2 Å². The van der Waals surface area contributed by atoms with Gasteiger partial charge in [-0.1, -0.05) is 22.0 Å². The van der Waals surface area contributed by atoms with E-state index >= 15 is 0 Å². The summed E-state index contributed by atoms with van der Waals surface area (Å²) < 4.78 is 48.3. The molecule has 1 fully saturated rings. The number of aliphatic imine (C=N–C) groups is 1. The van der Waals surface area contributed by atoms with E-state index in [1.54, 1.807) is 18.5 Å². The second-order valence-corrected chi connectivity index (χ2v) is 10.2. The molecule has 0 spiro atoms. The SMILES string of the molecule is CCOC(=O)C1=C(CN2CC(F)(F)CC2CC(N)=O)NC(c2nccs2)=N[C@H]1c1ccc(F)cc1Br. The van der Waals surface area contributed by atoms with Gasteiger partial charge < -0.3 is 15.8 Å². The number of amidine groups is 1. The highest BCUT2D eigenvalue weighted by molar-refractivity contribution is 9.10. The fraction of sp³-hybridized carbons (Fsp3) is 0.391. The summed E-state index contributed by atoms with van der Waals surface area (Å²) in [7, 11) is 0. The van der Waals surface area contributed by atoms with Crippen LogP contribution in [0.3, 0.4) is 0 Å². The minimum Gasteiger partial charge on any atom is -0.463 e. The minimum atomic E-state index is -3.02. The van der Waals surface area contributed by atoms with Crippen molar-refractivity contribution in [2.24, 2.45) is 10.7 Å². The number of carbonyl (C=O) groups excluding carboxylic acids is 2. The number of alkyl halides is 2. The Labute approximate surface area is 217 Å². The topological polar surface area (TPSA) is 110 Å². The molecule has 2 aromatic rings. The van der Waals surface area contributed by atoms with E-state index in [1.165, 1.54) is 34.4 Å². The standard InChI is InChI=1S/C23H23BrF3N5O3S/c1-2-35-22(34)18-16(10-32-11-23(26,27)9-13(32)8-17(28)33)30-20(21-29-5-6-36-21)31-19(18)14-4-3-12(25)7-15(14)24/h3-7,13,19H,2,8-11H2,1H3,(H2,28,33)(H,30,31)/t13?,19-/m0/s1. The lowest BCUT2D eigenvalue weighted by molar-refractivity contribution is -0.139. The fourth-order valence-corrected chi connectivity index (χ4v) is 5.51. The molecule has 0 aliphatic carbocycles. The number of rotatable bonds is 8. The van der Waals surface area contributed by atoms with Crippen molar-refractivity contribution in [3.8, 4) is 0 Å². The van der Waals surface area contributed by atoms with Crippen molar-refractivity contribution < 1.29 is 27.5 Å². The molecule has 13 heteroatoms. The Hall–Kier alpha value is -2.77. The molecule has 1 amide bonds. The van der Waals surface area contributed by atoms with Gasteiger partial charge in [-0.3, -0.25) is 14.7 Å². The quantitative estimate of drug-likeness (QED) is 0.459. The van der Waals surface area contributed by atoms with E-state index < -0.39 is 48.7 Å². The molecule has 1 aromatic heterocycles. The van der Waals surface area contributed by atoms with E-state index in [1.807, 2.05) is 0 Å². The molecule has 0 radical (unpaired) electrons. The minimum absolute atomic E-state index is 0.0715. The fourth-order valence-electron chi connectivity index (χ4n) is 4.35. The molecule has 3 N–H and O–H groups in total. The number of thiazole rings is 1. The molecular formula is C23H23BrF3N5O3S. The van der Waals surface area contributed by atoms with Crippen LogP contribution < -0.4 is 11.1 Å². The van der Waals surface area contributed by atoms with E-state index in [4.69, 9.17) is 15.5 Å². The maximum Gasteiger partial charge on any atom is 0.338 e. The van der Waals surface area contributed by atoms with E-state index in [-0.39, 0.29) is 30.8 Å². The normalized spacial score (nSPS) is 21.8. The largest absolute Gasteiger partial charge is 0.463 e. The molecule has 36 heavy (non-hydrogen) atoms. The average Bonchev–Trinajstić information content (AvgIpc) is 3.41. The van der Waals surface area contributed by atoms with E-state index in [2.05, 4.69) is 26.2 Å². The summed E-state index contributed by atoms with van der Waals surface area (Å²) in [5.41, 5.74) is 6.16. The second-order valence-electron chi connectivity index (χ2n) is 8.41. The van der Waals surface area contributed by atoms with Gasteiger partial charge in [-0.15, -0.1) is 11.3 Å². The van der Waals surface area contributed by atoms with Crippen LogP contribution in [-0.4, -0.2) is 59.3 Å². The molecule has 2 aliphatic heterocycles. The van der Waals surface area contributed by atoms with Gasteiger partial charge in [0.15, 0.2) is 10.8 Å². The summed E-state index contributed by atoms with van der Waals surface area (Å²) in [5.74, 6) is -4.58. The highest BCUT2D eigenvalue weighted by Gasteiger charge is 2.46. The third kappa shape index (κ3) is 5.79. The number of nitrogens with zero attached hydrogens (tertiary/aromatic N) is 3. The summed E-state index contributed by atoms with van der Waals surface area (Å²) in [5, 5.41) is 5.35. The second kappa shape index (κ2) is 10.7. The van der Waals surface area contributed by atoms with Gasteiger partial charge in [0.05, 0.1) is 18.7 Å². The molecule has 192 valence electrons. The Kier molecular flexibility index (Phi) is 7.81. The van der Waals surface area contributed by atoms with Gasteiger partial charge >= 0.3 is 5.97 Å². The van der Waals surface area contributed by atoms with E-state index in [0.717, 1.165) is 0 Å². The first-order valence-corrected chi connectivity index (χ1v) is 12.7. The number of ether oxygens (including phenoxy) is 1. The van der Waals surface area contributed by atoms with Crippen molar-refractivity contribution in [1.29, 1.82) is 0 Å². The Morgan fingerprint density at radius 1 is 1.39 bits per heavy atom. The number of benzene rings is 1. The van der Waals surface area contributed by atoms with Gasteiger partial charge in [0, 0.05) is 47.2 Å². The molecule has 1 unspecified atom stereocenters. The van der Waals surface area contributed by atoms with Crippen LogP contribution in [-0.2, 0) is 14.3 Å². The Morgan fingerprint density at radius 3 is 2.81 bits per heavy atom. The molecule has 2 aliphatic rings. The van der Waals surface area contributed by atoms with Crippen LogP contribution in [0, 0.1) is 5.82 Å². The maximum absolute atomic E-state index is 14.4. The highest BCUT2D eigenvalue weighted by Crippen LogP contribution is 2.39. The van der Waals surface area contributed by atoms with Gasteiger partial charge in [0.1, 0.15) is 11.9 Å². The van der Waals surface area contributed by atoms with Crippen LogP contribution in [0.15, 0.2) is 50.5 Å². The number of amides is 1. The summed E-state index contributed by atoms with van der Waals surface area (Å²) in [6, 6.07) is 2.24. The number of primary amides is 1. The van der Waals surface area contributed by atoms with Crippen molar-refractivity contribution in [3.63, 3.8) is 0 Å². The summed E-state index contributed by atoms with van der Waals surface area (Å²) in [6.45, 7) is 0.982. The number of aromatic nitrogens is 1. The molecule has 4 rings (SSSR count). The van der Waals surface area contributed by atoms with Gasteiger partial charge in [-0.25, -0.2) is 22.9 Å². The van der Waals surface area contributed by atoms with Crippen LogP contribution in [0.25, 0.3) is 0 Å². The maximum atomic E-state index is 14.4. The van der Waals surface area contributed by atoms with Crippen LogP contribution in [0.2, 0.25) is 0 Å². The van der Waals surface area contributed by atoms with E-state index in [0.29, 0.717) is 20.9 Å². The third-order valence-electron chi connectivity index (χ3n) is 5.80. The number of hydrogen-bond acceptors (Lipinski definition) is 8. The number of esters is 1. The lowest BCUT2D eigenvalue weighted by Gasteiger charge is -2.31. The number of halogens is 4. The number of likely N-dealkylation sites (tertiary alicyclic amines) is 1. The monoisotopic (exact) mass is 585 g/mol. The highest BCUT2D eigenvalue weighted by atomic mass is 79.9. The molecule has 1 saturated heterocycles. The van der Waals surface area contributed by atoms with Crippen LogP contribution in [0.1, 0.15) is 36.4 Å². The predicted octanol–water partition coefficient (Wildman–Crippen LogP) is 3.54. The van der Waals surface area contributed by atoms with Crippen LogP contribution in [0.5, 0.6) is 0 Å². The van der Waals surface area contributed by atoms with Gasteiger partial charge in [-0.05, 0) is 24.6 Å². The first-order chi connectivity index (χ1) is 17.1. The lowest BCUT2D eigenvalue weighted by atomic mass is 9.95. The van der Waals surface area contributed by atoms with Crippen molar-refractivity contribution in [3.05, 3.63) is 61.9 Å². The molecule has 2 atom stereocenters. The molecule has 3 heterocycles. The smallest absolute Gasteiger partial charge is 0.338 e. The first kappa shape index (κ1) is 26.3. The zero-order valence-corrected chi connectivity index (χ0v) is 21.5. The molecule has 1 aromatic carbocycles. The summed E-state index contributed by atoms with van der Waals surface area (Å²) in [4.78, 5) is 35.1. The summed E-state index contributed by atoms with van der Waals surface area (Å²) in [6.07, 6.45) is 0.803. The van der Waals surface area contributed by atoms with Crippen molar-refractivity contribution in [2.45, 2.75) is 37.8 Å². The van der Waals surface area contributed by atoms with Crippen LogP contribution >= 0.6 is 27.3 Å². The van der Waals surface area contributed by atoms with Gasteiger partial charge in [-0.2, -0.15) is 0 Å². The number of nitrogens with one attached hydrogen (secondary N) is 1. The van der Waals surface area contributed by atoms with Gasteiger partial charge in [0.2, 0.25) is 5.91 Å². The molecule has 0 saturated carbocycles. The number of nitrogens with two attached hydrogens (primary N) is 1. The Balaban J connectivity index is 1.82. The van der Waals surface area contributed by atoms with Gasteiger partial charge in [0.25, 0.3) is 5.92 Å². The summed E-state index contributed by atoms with van der Waals surface area (Å²) >= 11 is 4.65. The number of carbonyl (C=O) groups is 2. The van der Waals surface area contributed by atoms with E-state index in [9.17, 15) is 22.8 Å². The Bertz CT molecular complexity index is 1220. The zero-order valence-electron chi connectivity index (χ0n) is 19.1.